The normalized spacial score (nSPS) is 15.5. The lowest BCUT2D eigenvalue weighted by atomic mass is 10.0. The fourth-order valence-corrected chi connectivity index (χ4v) is 3.27. The van der Waals surface area contributed by atoms with Crippen molar-refractivity contribution < 1.29 is 9.90 Å². The molecule has 0 saturated carbocycles. The van der Waals surface area contributed by atoms with E-state index in [0.29, 0.717) is 6.04 Å². The Morgan fingerprint density at radius 2 is 1.96 bits per heavy atom. The molecule has 2 amide bonds. The maximum atomic E-state index is 12.5. The van der Waals surface area contributed by atoms with Crippen molar-refractivity contribution >= 4 is 17.4 Å². The SMILES string of the molecule is Cc1cc(N(C)C)ccc1NC(=O)N1CCC(N(C)CCCO)CC1. The first-order valence-electron chi connectivity index (χ1n) is 9.07. The lowest BCUT2D eigenvalue weighted by Crippen LogP contribution is -2.47. The van der Waals surface area contributed by atoms with Crippen molar-refractivity contribution in [3.63, 3.8) is 0 Å². The summed E-state index contributed by atoms with van der Waals surface area (Å²) in [5, 5.41) is 12.0. The quantitative estimate of drug-likeness (QED) is 0.829. The van der Waals surface area contributed by atoms with Crippen LogP contribution < -0.4 is 10.2 Å². The molecule has 1 heterocycles. The zero-order valence-electron chi connectivity index (χ0n) is 16.0. The van der Waals surface area contributed by atoms with Crippen LogP contribution in [0.25, 0.3) is 0 Å². The largest absolute Gasteiger partial charge is 0.396 e. The Morgan fingerprint density at radius 1 is 1.28 bits per heavy atom. The van der Waals surface area contributed by atoms with E-state index < -0.39 is 0 Å². The Hall–Kier alpha value is -1.79. The number of carbonyl (C=O) groups is 1. The predicted molar refractivity (Wildman–Crippen MR) is 103 cm³/mol. The topological polar surface area (TPSA) is 59.1 Å². The van der Waals surface area contributed by atoms with Crippen molar-refractivity contribution in [2.24, 2.45) is 0 Å². The number of benzene rings is 1. The summed E-state index contributed by atoms with van der Waals surface area (Å²) in [4.78, 5) is 18.8. The fraction of sp³-hybridized carbons (Fsp3) is 0.632. The van der Waals surface area contributed by atoms with E-state index in [1.807, 2.05) is 38.1 Å². The van der Waals surface area contributed by atoms with Gasteiger partial charge < -0.3 is 25.1 Å². The first-order chi connectivity index (χ1) is 11.9. The van der Waals surface area contributed by atoms with Gasteiger partial charge in [0.05, 0.1) is 0 Å². The number of carbonyl (C=O) groups excluding carboxylic acids is 1. The maximum Gasteiger partial charge on any atom is 0.321 e. The second-order valence-electron chi connectivity index (χ2n) is 7.10. The van der Waals surface area contributed by atoms with Crippen molar-refractivity contribution in [2.45, 2.75) is 32.2 Å². The first-order valence-corrected chi connectivity index (χ1v) is 9.07. The Balaban J connectivity index is 1.86. The first kappa shape index (κ1) is 19.5. The number of amides is 2. The van der Waals surface area contributed by atoms with Gasteiger partial charge in [-0.1, -0.05) is 0 Å². The average molecular weight is 348 g/mol. The molecule has 0 aliphatic carbocycles. The third kappa shape index (κ3) is 5.34. The number of hydrogen-bond acceptors (Lipinski definition) is 4. The number of aliphatic hydroxyl groups is 1. The molecule has 6 heteroatoms. The lowest BCUT2D eigenvalue weighted by molar-refractivity contribution is 0.134. The number of likely N-dealkylation sites (tertiary alicyclic amines) is 1. The number of rotatable bonds is 6. The van der Waals surface area contributed by atoms with E-state index in [2.05, 4.69) is 28.2 Å². The van der Waals surface area contributed by atoms with Crippen LogP contribution in [-0.4, -0.2) is 74.4 Å². The van der Waals surface area contributed by atoms with Crippen LogP contribution in [0, 0.1) is 6.92 Å². The highest BCUT2D eigenvalue weighted by Gasteiger charge is 2.25. The molecule has 1 aromatic rings. The highest BCUT2D eigenvalue weighted by atomic mass is 16.3. The molecule has 2 N–H and O–H groups in total. The lowest BCUT2D eigenvalue weighted by Gasteiger charge is -2.36. The third-order valence-corrected chi connectivity index (χ3v) is 5.01. The third-order valence-electron chi connectivity index (χ3n) is 5.01. The number of nitrogens with zero attached hydrogens (tertiary/aromatic N) is 3. The van der Waals surface area contributed by atoms with Gasteiger partial charge in [0.25, 0.3) is 0 Å². The van der Waals surface area contributed by atoms with E-state index in [1.54, 1.807) is 0 Å². The molecule has 1 aliphatic rings. The van der Waals surface area contributed by atoms with Gasteiger partial charge >= 0.3 is 6.03 Å². The summed E-state index contributed by atoms with van der Waals surface area (Å²) in [6, 6.07) is 6.55. The van der Waals surface area contributed by atoms with Crippen LogP contribution >= 0.6 is 0 Å². The van der Waals surface area contributed by atoms with Gasteiger partial charge in [-0.15, -0.1) is 0 Å². The molecule has 1 aliphatic heterocycles. The summed E-state index contributed by atoms with van der Waals surface area (Å²) < 4.78 is 0. The zero-order chi connectivity index (χ0) is 18.4. The van der Waals surface area contributed by atoms with Crippen LogP contribution in [0.15, 0.2) is 18.2 Å². The minimum atomic E-state index is -0.0165. The standard InChI is InChI=1S/C19H32N4O2/c1-15-14-17(21(2)3)6-7-18(15)20-19(25)23-11-8-16(9-12-23)22(4)10-5-13-24/h6-7,14,16,24H,5,8-13H2,1-4H3,(H,20,25). The molecule has 0 atom stereocenters. The molecule has 6 nitrogen and oxygen atoms in total. The number of hydrogen-bond donors (Lipinski definition) is 2. The van der Waals surface area contributed by atoms with Gasteiger partial charge in [0, 0.05) is 57.8 Å². The summed E-state index contributed by atoms with van der Waals surface area (Å²) in [5.41, 5.74) is 3.07. The fourth-order valence-electron chi connectivity index (χ4n) is 3.27. The minimum absolute atomic E-state index is 0.0165. The zero-order valence-corrected chi connectivity index (χ0v) is 16.0. The number of piperidine rings is 1. The molecule has 0 aromatic heterocycles. The number of aliphatic hydroxyl groups excluding tert-OH is 1. The number of aryl methyl sites for hydroxylation is 1. The van der Waals surface area contributed by atoms with Crippen LogP contribution in [0.4, 0.5) is 16.2 Å². The smallest absolute Gasteiger partial charge is 0.321 e. The van der Waals surface area contributed by atoms with Crippen molar-refractivity contribution in [3.05, 3.63) is 23.8 Å². The van der Waals surface area contributed by atoms with E-state index in [0.717, 1.165) is 55.8 Å². The molecule has 140 valence electrons. The molecular formula is C19H32N4O2. The summed E-state index contributed by atoms with van der Waals surface area (Å²) in [6.07, 6.45) is 2.77. The summed E-state index contributed by atoms with van der Waals surface area (Å²) in [7, 11) is 6.12. The summed E-state index contributed by atoms with van der Waals surface area (Å²) in [5.74, 6) is 0. The Kier molecular flexibility index (Phi) is 7.08. The summed E-state index contributed by atoms with van der Waals surface area (Å²) in [6.45, 7) is 4.71. The van der Waals surface area contributed by atoms with E-state index in [4.69, 9.17) is 5.11 Å². The van der Waals surface area contributed by atoms with Crippen LogP contribution in [0.1, 0.15) is 24.8 Å². The van der Waals surface area contributed by atoms with Gasteiger partial charge in [-0.3, -0.25) is 0 Å². The second kappa shape index (κ2) is 9.06. The molecule has 1 saturated heterocycles. The van der Waals surface area contributed by atoms with Gasteiger partial charge in [-0.25, -0.2) is 4.79 Å². The second-order valence-corrected chi connectivity index (χ2v) is 7.10. The molecule has 1 fully saturated rings. The van der Waals surface area contributed by atoms with Gasteiger partial charge in [-0.2, -0.15) is 0 Å². The molecule has 0 unspecified atom stereocenters. The van der Waals surface area contributed by atoms with Crippen LogP contribution in [-0.2, 0) is 0 Å². The van der Waals surface area contributed by atoms with E-state index in [-0.39, 0.29) is 12.6 Å². The van der Waals surface area contributed by atoms with Crippen molar-refractivity contribution in [1.82, 2.24) is 9.80 Å². The molecule has 0 spiro atoms. The van der Waals surface area contributed by atoms with Crippen molar-refractivity contribution in [1.29, 1.82) is 0 Å². The molecule has 1 aromatic carbocycles. The van der Waals surface area contributed by atoms with Crippen LogP contribution in [0.5, 0.6) is 0 Å². The van der Waals surface area contributed by atoms with E-state index in [1.165, 1.54) is 0 Å². The number of urea groups is 1. The monoisotopic (exact) mass is 348 g/mol. The maximum absolute atomic E-state index is 12.5. The Labute approximate surface area is 151 Å². The Morgan fingerprint density at radius 3 is 2.52 bits per heavy atom. The minimum Gasteiger partial charge on any atom is -0.396 e. The van der Waals surface area contributed by atoms with E-state index in [9.17, 15) is 4.79 Å². The van der Waals surface area contributed by atoms with Crippen LogP contribution in [0.3, 0.4) is 0 Å². The van der Waals surface area contributed by atoms with Crippen molar-refractivity contribution in [2.75, 3.05) is 57.6 Å². The molecule has 0 bridgehead atoms. The van der Waals surface area contributed by atoms with Gasteiger partial charge in [0.1, 0.15) is 0 Å². The average Bonchev–Trinajstić information content (AvgIpc) is 2.61. The molecule has 2 rings (SSSR count). The summed E-state index contributed by atoms with van der Waals surface area (Å²) >= 11 is 0. The van der Waals surface area contributed by atoms with Gasteiger partial charge in [-0.05, 0) is 57.0 Å². The number of nitrogens with one attached hydrogen (secondary N) is 1. The van der Waals surface area contributed by atoms with E-state index >= 15 is 0 Å². The highest BCUT2D eigenvalue weighted by molar-refractivity contribution is 5.90. The highest BCUT2D eigenvalue weighted by Crippen LogP contribution is 2.22. The predicted octanol–water partition coefficient (Wildman–Crippen LogP) is 2.37. The molecule has 25 heavy (non-hydrogen) atoms. The molecular weight excluding hydrogens is 316 g/mol. The molecule has 0 radical (unpaired) electrons. The Bertz CT molecular complexity index is 569. The number of anilines is 2. The van der Waals surface area contributed by atoms with Gasteiger partial charge in [0.15, 0.2) is 0 Å². The van der Waals surface area contributed by atoms with Crippen LogP contribution in [0.2, 0.25) is 0 Å². The van der Waals surface area contributed by atoms with Gasteiger partial charge in [0.2, 0.25) is 0 Å². The van der Waals surface area contributed by atoms with Crippen molar-refractivity contribution in [3.8, 4) is 0 Å².